The molecule has 0 saturated heterocycles. The molecular formula is C13H17FN2O4S. The molecule has 0 amide bonds. The van der Waals surface area contributed by atoms with E-state index in [1.165, 1.54) is 6.92 Å². The molecule has 1 aliphatic rings. The second-order valence-corrected chi connectivity index (χ2v) is 7.07. The van der Waals surface area contributed by atoms with Gasteiger partial charge in [-0.1, -0.05) is 6.92 Å². The highest BCUT2D eigenvalue weighted by atomic mass is 32.2. The van der Waals surface area contributed by atoms with Gasteiger partial charge in [0.1, 0.15) is 0 Å². The number of nitro benzene ring substituents is 1. The minimum atomic E-state index is -3.92. The molecule has 1 aliphatic carbocycles. The molecule has 21 heavy (non-hydrogen) atoms. The van der Waals surface area contributed by atoms with Gasteiger partial charge in [0.05, 0.1) is 9.82 Å². The molecule has 116 valence electrons. The molecule has 1 aromatic carbocycles. The third-order valence-corrected chi connectivity index (χ3v) is 5.79. The van der Waals surface area contributed by atoms with Crippen molar-refractivity contribution in [2.75, 3.05) is 0 Å². The summed E-state index contributed by atoms with van der Waals surface area (Å²) in [5.41, 5.74) is -1.16. The average molecular weight is 316 g/mol. The molecule has 0 aromatic heterocycles. The Labute approximate surface area is 122 Å². The number of benzene rings is 1. The molecule has 0 aliphatic heterocycles. The highest BCUT2D eigenvalue weighted by Crippen LogP contribution is 2.36. The van der Waals surface area contributed by atoms with Crippen molar-refractivity contribution in [2.45, 2.75) is 50.0 Å². The molecule has 1 aromatic rings. The minimum Gasteiger partial charge on any atom is -0.258 e. The number of nitro groups is 1. The second kappa shape index (κ2) is 5.34. The van der Waals surface area contributed by atoms with Crippen LogP contribution in [0.2, 0.25) is 0 Å². The summed E-state index contributed by atoms with van der Waals surface area (Å²) in [5, 5.41) is 10.8. The molecule has 6 nitrogen and oxygen atoms in total. The quantitative estimate of drug-likeness (QED) is 0.668. The number of hydrogen-bond donors (Lipinski definition) is 1. The third kappa shape index (κ3) is 2.91. The Balaban J connectivity index is 2.45. The van der Waals surface area contributed by atoms with Crippen LogP contribution in [0.15, 0.2) is 17.0 Å². The fraction of sp³-hybridized carbons (Fsp3) is 0.538. The van der Waals surface area contributed by atoms with Crippen molar-refractivity contribution in [3.63, 3.8) is 0 Å². The number of hydrogen-bond acceptors (Lipinski definition) is 4. The van der Waals surface area contributed by atoms with Crippen LogP contribution in [-0.2, 0) is 10.0 Å². The van der Waals surface area contributed by atoms with E-state index in [2.05, 4.69) is 4.72 Å². The van der Waals surface area contributed by atoms with E-state index in [1.807, 2.05) is 6.92 Å². The summed E-state index contributed by atoms with van der Waals surface area (Å²) in [6.07, 6.45) is 3.07. The first kappa shape index (κ1) is 15.8. The zero-order valence-electron chi connectivity index (χ0n) is 11.8. The van der Waals surface area contributed by atoms with Crippen molar-refractivity contribution in [1.82, 2.24) is 4.72 Å². The van der Waals surface area contributed by atoms with Gasteiger partial charge in [0.15, 0.2) is 0 Å². The number of rotatable bonds is 5. The summed E-state index contributed by atoms with van der Waals surface area (Å²) < 4.78 is 41.0. The van der Waals surface area contributed by atoms with Gasteiger partial charge in [-0.05, 0) is 44.2 Å². The molecule has 1 saturated carbocycles. The first-order valence-electron chi connectivity index (χ1n) is 6.69. The van der Waals surface area contributed by atoms with Crippen LogP contribution < -0.4 is 4.72 Å². The number of aryl methyl sites for hydroxylation is 1. The lowest BCUT2D eigenvalue weighted by Crippen LogP contribution is -2.52. The zero-order chi connectivity index (χ0) is 15.8. The number of halogens is 1. The van der Waals surface area contributed by atoms with Gasteiger partial charge in [0, 0.05) is 11.6 Å². The predicted octanol–water partition coefficient (Wildman–Crippen LogP) is 2.65. The maximum atomic E-state index is 13.5. The van der Waals surface area contributed by atoms with Gasteiger partial charge in [-0.25, -0.2) is 13.1 Å². The Hall–Kier alpha value is -1.54. The molecule has 8 heteroatoms. The van der Waals surface area contributed by atoms with Gasteiger partial charge < -0.3 is 0 Å². The minimum absolute atomic E-state index is 0.149. The molecule has 0 spiro atoms. The van der Waals surface area contributed by atoms with Crippen molar-refractivity contribution in [3.05, 3.63) is 33.6 Å². The van der Waals surface area contributed by atoms with Crippen LogP contribution >= 0.6 is 0 Å². The number of nitrogens with one attached hydrogen (secondary N) is 1. The lowest BCUT2D eigenvalue weighted by molar-refractivity contribution is -0.387. The van der Waals surface area contributed by atoms with Gasteiger partial charge in [0.25, 0.3) is 0 Å². The maximum Gasteiger partial charge on any atom is 0.306 e. The third-order valence-electron chi connectivity index (χ3n) is 4.07. The zero-order valence-corrected chi connectivity index (χ0v) is 12.7. The Morgan fingerprint density at radius 1 is 1.43 bits per heavy atom. The summed E-state index contributed by atoms with van der Waals surface area (Å²) in [7, 11) is -3.92. The van der Waals surface area contributed by atoms with E-state index < -0.39 is 32.0 Å². The van der Waals surface area contributed by atoms with Gasteiger partial charge in [-0.2, -0.15) is 4.39 Å². The Morgan fingerprint density at radius 3 is 2.48 bits per heavy atom. The Morgan fingerprint density at radius 2 is 2.05 bits per heavy atom. The molecule has 0 bridgehead atoms. The van der Waals surface area contributed by atoms with Crippen LogP contribution in [0.25, 0.3) is 0 Å². The van der Waals surface area contributed by atoms with Crippen LogP contribution in [0, 0.1) is 22.9 Å². The fourth-order valence-corrected chi connectivity index (χ4v) is 4.32. The standard InChI is InChI=1S/C13H17FN2O4S/c1-3-13(5-4-6-13)15-21(19,20)12-8-11(16(17)18)10(14)7-9(12)2/h7-8,15H,3-6H2,1-2H3. The largest absolute Gasteiger partial charge is 0.306 e. The molecule has 0 unspecified atom stereocenters. The van der Waals surface area contributed by atoms with Crippen LogP contribution in [0.1, 0.15) is 38.2 Å². The van der Waals surface area contributed by atoms with Gasteiger partial charge in [-0.15, -0.1) is 0 Å². The van der Waals surface area contributed by atoms with Crippen LogP contribution in [0.5, 0.6) is 0 Å². The van der Waals surface area contributed by atoms with E-state index in [4.69, 9.17) is 0 Å². The highest BCUT2D eigenvalue weighted by Gasteiger charge is 2.39. The van der Waals surface area contributed by atoms with Crippen molar-refractivity contribution in [3.8, 4) is 0 Å². The number of nitrogens with zero attached hydrogens (tertiary/aromatic N) is 1. The first-order chi connectivity index (χ1) is 9.71. The molecule has 2 rings (SSSR count). The molecule has 0 atom stereocenters. The molecule has 1 fully saturated rings. The van der Waals surface area contributed by atoms with E-state index in [0.29, 0.717) is 6.42 Å². The number of sulfonamides is 1. The average Bonchev–Trinajstić information content (AvgIpc) is 2.33. The van der Waals surface area contributed by atoms with Gasteiger partial charge >= 0.3 is 5.69 Å². The van der Waals surface area contributed by atoms with Gasteiger partial charge in [0.2, 0.25) is 15.8 Å². The molecule has 0 heterocycles. The van der Waals surface area contributed by atoms with E-state index >= 15 is 0 Å². The summed E-state index contributed by atoms with van der Waals surface area (Å²) >= 11 is 0. The SMILES string of the molecule is CCC1(NS(=O)(=O)c2cc([N+](=O)[O-])c(F)cc2C)CCC1. The maximum absolute atomic E-state index is 13.5. The summed E-state index contributed by atoms with van der Waals surface area (Å²) in [6.45, 7) is 3.31. The van der Waals surface area contributed by atoms with Crippen molar-refractivity contribution >= 4 is 15.7 Å². The monoisotopic (exact) mass is 316 g/mol. The van der Waals surface area contributed by atoms with Crippen molar-refractivity contribution in [2.24, 2.45) is 0 Å². The van der Waals surface area contributed by atoms with Crippen LogP contribution in [0.4, 0.5) is 10.1 Å². The second-order valence-electron chi connectivity index (χ2n) is 5.42. The Kier molecular flexibility index (Phi) is 4.03. The smallest absolute Gasteiger partial charge is 0.258 e. The van der Waals surface area contributed by atoms with E-state index in [9.17, 15) is 22.9 Å². The fourth-order valence-electron chi connectivity index (χ4n) is 2.54. The predicted molar refractivity (Wildman–Crippen MR) is 75.0 cm³/mol. The van der Waals surface area contributed by atoms with Crippen LogP contribution in [-0.4, -0.2) is 18.9 Å². The first-order valence-corrected chi connectivity index (χ1v) is 8.17. The lowest BCUT2D eigenvalue weighted by Gasteiger charge is -2.41. The van der Waals surface area contributed by atoms with Crippen molar-refractivity contribution < 1.29 is 17.7 Å². The van der Waals surface area contributed by atoms with E-state index in [0.717, 1.165) is 31.4 Å². The Bertz CT molecular complexity index is 678. The normalized spacial score (nSPS) is 17.3. The van der Waals surface area contributed by atoms with Crippen LogP contribution in [0.3, 0.4) is 0 Å². The topological polar surface area (TPSA) is 89.3 Å². The summed E-state index contributed by atoms with van der Waals surface area (Å²) in [4.78, 5) is 9.61. The van der Waals surface area contributed by atoms with Crippen molar-refractivity contribution in [1.29, 1.82) is 0 Å². The summed E-state index contributed by atoms with van der Waals surface area (Å²) in [5.74, 6) is -1.04. The van der Waals surface area contributed by atoms with E-state index in [1.54, 1.807) is 0 Å². The lowest BCUT2D eigenvalue weighted by atomic mass is 9.76. The van der Waals surface area contributed by atoms with Gasteiger partial charge in [-0.3, -0.25) is 10.1 Å². The highest BCUT2D eigenvalue weighted by molar-refractivity contribution is 7.89. The molecule has 0 radical (unpaired) electrons. The summed E-state index contributed by atoms with van der Waals surface area (Å²) in [6, 6.07) is 1.67. The molecule has 1 N–H and O–H groups in total. The molecular weight excluding hydrogens is 299 g/mol. The van der Waals surface area contributed by atoms with E-state index in [-0.39, 0.29) is 10.5 Å².